The van der Waals surface area contributed by atoms with Crippen molar-refractivity contribution in [1.82, 2.24) is 4.90 Å². The lowest BCUT2D eigenvalue weighted by Gasteiger charge is -2.33. The minimum atomic E-state index is -0.657. The number of ether oxygens (including phenoxy) is 1. The molecule has 1 atom stereocenters. The molecule has 2 aliphatic heterocycles. The number of aliphatic hydroxyl groups is 1. The van der Waals surface area contributed by atoms with Gasteiger partial charge in [0.05, 0.1) is 26.9 Å². The molecule has 3 aromatic rings. The first-order chi connectivity index (χ1) is 18.4. The number of carbonyl (C=O) groups is 2. The average Bonchev–Trinajstić information content (AvgIpc) is 3.15. The quantitative estimate of drug-likeness (QED) is 0.308. The number of para-hydroxylation sites is 1. The van der Waals surface area contributed by atoms with E-state index in [9.17, 15) is 20.0 Å². The molecule has 0 saturated carbocycles. The molecule has 5 rings (SSSR count). The van der Waals surface area contributed by atoms with Crippen LogP contribution in [0.5, 0.6) is 5.75 Å². The maximum absolute atomic E-state index is 12.5. The molecule has 2 heterocycles. The molecule has 0 spiro atoms. The summed E-state index contributed by atoms with van der Waals surface area (Å²) in [7, 11) is 1.40. The van der Waals surface area contributed by atoms with Gasteiger partial charge in [-0.15, -0.1) is 5.11 Å². The Bertz CT molecular complexity index is 1480. The van der Waals surface area contributed by atoms with E-state index in [2.05, 4.69) is 31.1 Å². The summed E-state index contributed by atoms with van der Waals surface area (Å²) >= 11 is 3.37. The third kappa shape index (κ3) is 4.90. The van der Waals surface area contributed by atoms with E-state index in [0.29, 0.717) is 12.2 Å². The molecule has 0 fully saturated rings. The van der Waals surface area contributed by atoms with Crippen LogP contribution < -0.4 is 9.64 Å². The first-order valence-electron chi connectivity index (χ1n) is 12.1. The Morgan fingerprint density at radius 2 is 1.92 bits per heavy atom. The monoisotopic (exact) mass is 573 g/mol. The van der Waals surface area contributed by atoms with Crippen LogP contribution in [-0.2, 0) is 6.42 Å². The van der Waals surface area contributed by atoms with Gasteiger partial charge in [0, 0.05) is 25.8 Å². The van der Waals surface area contributed by atoms with Gasteiger partial charge in [0.2, 0.25) is 0 Å². The number of hydrogen-bond donors (Lipinski definition) is 1. The fourth-order valence-corrected chi connectivity index (χ4v) is 5.35. The predicted octanol–water partition coefficient (Wildman–Crippen LogP) is 5.15. The molecule has 0 radical (unpaired) electrons. The molecule has 10 heteroatoms. The Balaban J connectivity index is 1.33. The smallest absolute Gasteiger partial charge is 0.262 e. The van der Waals surface area contributed by atoms with Gasteiger partial charge < -0.3 is 14.7 Å². The van der Waals surface area contributed by atoms with Gasteiger partial charge >= 0.3 is 0 Å². The van der Waals surface area contributed by atoms with Crippen molar-refractivity contribution in [3.8, 4) is 11.8 Å². The van der Waals surface area contributed by atoms with Gasteiger partial charge in [0.1, 0.15) is 30.2 Å². The van der Waals surface area contributed by atoms with Gasteiger partial charge in [-0.05, 0) is 70.7 Å². The number of nitriles is 1. The molecule has 2 aliphatic rings. The second kappa shape index (κ2) is 10.7. The molecular formula is C28H24BrN5O4. The number of azo groups is 1. The van der Waals surface area contributed by atoms with Gasteiger partial charge in [0.25, 0.3) is 11.8 Å². The number of rotatable bonds is 7. The Labute approximate surface area is 228 Å². The van der Waals surface area contributed by atoms with Crippen LogP contribution in [-0.4, -0.2) is 54.7 Å². The van der Waals surface area contributed by atoms with Gasteiger partial charge in [-0.25, -0.2) is 0 Å². The summed E-state index contributed by atoms with van der Waals surface area (Å²) in [5, 5.41) is 28.8. The van der Waals surface area contributed by atoms with Crippen LogP contribution in [0.2, 0.25) is 0 Å². The highest BCUT2D eigenvalue weighted by Gasteiger charge is 2.37. The van der Waals surface area contributed by atoms with Gasteiger partial charge in [-0.3, -0.25) is 14.5 Å². The Morgan fingerprint density at radius 1 is 1.13 bits per heavy atom. The topological polar surface area (TPSA) is 119 Å². The molecule has 0 bridgehead atoms. The molecule has 1 unspecified atom stereocenters. The molecule has 192 valence electrons. The van der Waals surface area contributed by atoms with Crippen LogP contribution in [0.25, 0.3) is 0 Å². The van der Waals surface area contributed by atoms with Gasteiger partial charge in [-0.2, -0.15) is 10.4 Å². The Hall–Kier alpha value is -4.07. The van der Waals surface area contributed by atoms with Crippen molar-refractivity contribution in [2.45, 2.75) is 18.9 Å². The minimum absolute atomic E-state index is 0.145. The number of carbonyl (C=O) groups excluding carboxylic acids is 2. The van der Waals surface area contributed by atoms with Crippen LogP contribution in [0.3, 0.4) is 0 Å². The van der Waals surface area contributed by atoms with E-state index in [1.54, 1.807) is 0 Å². The van der Waals surface area contributed by atoms with Crippen molar-refractivity contribution in [2.75, 3.05) is 31.6 Å². The standard InChI is InChI=1S/C28H24BrN5O4/c1-33-27(36)22-13-18(14-30)26(25(29)24(22)28(33)37)32-31-19-9-10-23-17(12-19)6-5-11-34(23)15-20(35)16-38-21-7-3-2-4-8-21/h2-4,7-10,12-13,20,35H,5-6,11,15-16H2,1H3. The molecule has 38 heavy (non-hydrogen) atoms. The number of halogens is 1. The highest BCUT2D eigenvalue weighted by atomic mass is 79.9. The molecule has 0 saturated heterocycles. The summed E-state index contributed by atoms with van der Waals surface area (Å²) in [6, 6.07) is 18.5. The third-order valence-corrected chi connectivity index (χ3v) is 7.35. The van der Waals surface area contributed by atoms with E-state index in [-0.39, 0.29) is 33.5 Å². The SMILES string of the molecule is CN1C(=O)c2cc(C#N)c(N=Nc3ccc4c(c3)CCCN4CC(O)COc3ccccc3)c(Br)c2C1=O. The summed E-state index contributed by atoms with van der Waals surface area (Å²) in [6.07, 6.45) is 1.13. The Kier molecular flexibility index (Phi) is 7.22. The normalized spacial score (nSPS) is 15.4. The lowest BCUT2D eigenvalue weighted by atomic mass is 10.0. The van der Waals surface area contributed by atoms with E-state index < -0.39 is 17.9 Å². The van der Waals surface area contributed by atoms with E-state index in [0.717, 1.165) is 41.3 Å². The number of fused-ring (bicyclic) bond motifs is 2. The number of aryl methyl sites for hydroxylation is 1. The fourth-order valence-electron chi connectivity index (χ4n) is 4.68. The van der Waals surface area contributed by atoms with Crippen LogP contribution in [0.1, 0.15) is 38.3 Å². The zero-order chi connectivity index (χ0) is 26.8. The summed E-state index contributed by atoms with van der Waals surface area (Å²) in [6.45, 7) is 1.46. The van der Waals surface area contributed by atoms with Crippen LogP contribution >= 0.6 is 15.9 Å². The zero-order valence-electron chi connectivity index (χ0n) is 20.6. The lowest BCUT2D eigenvalue weighted by molar-refractivity contribution is 0.0692. The third-order valence-electron chi connectivity index (χ3n) is 6.57. The number of β-amino-alcohol motifs (C(OH)–C–C–N with tert-alkyl or cyclic N) is 1. The van der Waals surface area contributed by atoms with Crippen LogP contribution in [0, 0.1) is 11.3 Å². The fraction of sp³-hybridized carbons (Fsp3) is 0.250. The average molecular weight is 574 g/mol. The zero-order valence-corrected chi connectivity index (χ0v) is 22.2. The summed E-state index contributed by atoms with van der Waals surface area (Å²) in [4.78, 5) is 28.0. The number of anilines is 1. The number of aliphatic hydroxyl groups excluding tert-OH is 1. The predicted molar refractivity (Wildman–Crippen MR) is 144 cm³/mol. The minimum Gasteiger partial charge on any atom is -0.491 e. The van der Waals surface area contributed by atoms with Crippen molar-refractivity contribution in [1.29, 1.82) is 5.26 Å². The molecule has 2 amide bonds. The van der Waals surface area contributed by atoms with Crippen molar-refractivity contribution in [3.05, 3.63) is 81.3 Å². The summed E-state index contributed by atoms with van der Waals surface area (Å²) in [5.74, 6) is -0.192. The van der Waals surface area contributed by atoms with E-state index in [1.807, 2.05) is 54.6 Å². The maximum Gasteiger partial charge on any atom is 0.262 e. The molecule has 0 aliphatic carbocycles. The molecular weight excluding hydrogens is 550 g/mol. The van der Waals surface area contributed by atoms with Crippen molar-refractivity contribution in [2.24, 2.45) is 10.2 Å². The number of amides is 2. The van der Waals surface area contributed by atoms with E-state index >= 15 is 0 Å². The van der Waals surface area contributed by atoms with Gasteiger partial charge in [-0.1, -0.05) is 18.2 Å². The van der Waals surface area contributed by atoms with E-state index in [1.165, 1.54) is 13.1 Å². The molecule has 0 aromatic heterocycles. The van der Waals surface area contributed by atoms with Crippen LogP contribution in [0.15, 0.2) is 69.3 Å². The largest absolute Gasteiger partial charge is 0.491 e. The highest BCUT2D eigenvalue weighted by molar-refractivity contribution is 9.10. The van der Waals surface area contributed by atoms with Crippen molar-refractivity contribution < 1.29 is 19.4 Å². The first-order valence-corrected chi connectivity index (χ1v) is 12.9. The van der Waals surface area contributed by atoms with Gasteiger partial charge in [0.15, 0.2) is 0 Å². The first kappa shape index (κ1) is 25.6. The number of hydrogen-bond acceptors (Lipinski definition) is 8. The number of imide groups is 1. The molecule has 9 nitrogen and oxygen atoms in total. The van der Waals surface area contributed by atoms with Crippen molar-refractivity contribution >= 4 is 44.8 Å². The summed E-state index contributed by atoms with van der Waals surface area (Å²) < 4.78 is 5.96. The second-order valence-electron chi connectivity index (χ2n) is 9.13. The highest BCUT2D eigenvalue weighted by Crippen LogP contribution is 2.40. The van der Waals surface area contributed by atoms with Crippen molar-refractivity contribution in [3.63, 3.8) is 0 Å². The number of benzene rings is 3. The lowest BCUT2D eigenvalue weighted by Crippen LogP contribution is -2.38. The summed E-state index contributed by atoms with van der Waals surface area (Å²) in [5.41, 5.74) is 3.40. The Morgan fingerprint density at radius 3 is 2.68 bits per heavy atom. The molecule has 3 aromatic carbocycles. The number of nitrogens with zero attached hydrogens (tertiary/aromatic N) is 5. The van der Waals surface area contributed by atoms with Crippen LogP contribution in [0.4, 0.5) is 17.1 Å². The molecule has 1 N–H and O–H groups in total. The maximum atomic E-state index is 12.5. The second-order valence-corrected chi connectivity index (χ2v) is 9.92. The van der Waals surface area contributed by atoms with E-state index in [4.69, 9.17) is 4.74 Å².